The van der Waals surface area contributed by atoms with E-state index in [0.29, 0.717) is 6.54 Å². The number of thiophene rings is 1. The zero-order valence-electron chi connectivity index (χ0n) is 11.5. The monoisotopic (exact) mass is 311 g/mol. The van der Waals surface area contributed by atoms with Gasteiger partial charge in [-0.25, -0.2) is 8.42 Å². The minimum Gasteiger partial charge on any atom is -0.343 e. The van der Waals surface area contributed by atoms with E-state index in [9.17, 15) is 13.2 Å². The summed E-state index contributed by atoms with van der Waals surface area (Å²) in [6, 6.07) is 3.60. The lowest BCUT2D eigenvalue weighted by molar-refractivity contribution is 0.462. The largest absolute Gasteiger partial charge is 0.343 e. The molecule has 108 valence electrons. The third-order valence-corrected chi connectivity index (χ3v) is 6.00. The zero-order valence-corrected chi connectivity index (χ0v) is 13.2. The molecule has 1 aliphatic carbocycles. The highest BCUT2D eigenvalue weighted by molar-refractivity contribution is 7.90. The quantitative estimate of drug-likeness (QED) is 0.870. The number of hydrogen-bond donors (Lipinski definition) is 0. The van der Waals surface area contributed by atoms with Crippen LogP contribution in [0, 0.1) is 12.3 Å². The predicted molar refractivity (Wildman–Crippen MR) is 82.2 cm³/mol. The van der Waals surface area contributed by atoms with E-state index in [1.807, 2.05) is 18.4 Å². The maximum Gasteiger partial charge on any atom is 0.199 e. The van der Waals surface area contributed by atoms with Gasteiger partial charge in [0.1, 0.15) is 9.84 Å². The lowest BCUT2D eigenvalue weighted by Gasteiger charge is -2.19. The molecule has 0 unspecified atom stereocenters. The van der Waals surface area contributed by atoms with Gasteiger partial charge in [-0.2, -0.15) is 0 Å². The van der Waals surface area contributed by atoms with Crippen molar-refractivity contribution in [3.8, 4) is 0 Å². The molecular formula is C14H17NO3S2. The molecule has 2 aromatic heterocycles. The Bertz CT molecular complexity index is 826. The molecule has 0 aliphatic heterocycles. The average molecular weight is 311 g/mol. The van der Waals surface area contributed by atoms with E-state index < -0.39 is 9.84 Å². The van der Waals surface area contributed by atoms with Crippen molar-refractivity contribution in [1.29, 1.82) is 0 Å². The summed E-state index contributed by atoms with van der Waals surface area (Å²) in [7, 11) is -2.97. The van der Waals surface area contributed by atoms with Crippen LogP contribution in [-0.2, 0) is 16.4 Å². The van der Waals surface area contributed by atoms with Crippen LogP contribution in [0.3, 0.4) is 0 Å². The number of aryl methyl sites for hydroxylation is 1. The van der Waals surface area contributed by atoms with Gasteiger partial charge in [-0.05, 0) is 31.2 Å². The molecule has 1 saturated carbocycles. The molecule has 2 heterocycles. The molecule has 0 radical (unpaired) electrons. The number of pyridine rings is 1. The molecule has 0 spiro atoms. The summed E-state index contributed by atoms with van der Waals surface area (Å²) in [6.07, 6.45) is 3.18. The number of sulfone groups is 1. The highest BCUT2D eigenvalue weighted by Gasteiger charge is 2.45. The fourth-order valence-corrected chi connectivity index (χ4v) is 5.15. The third-order valence-electron chi connectivity index (χ3n) is 3.94. The van der Waals surface area contributed by atoms with Crippen molar-refractivity contribution >= 4 is 31.4 Å². The van der Waals surface area contributed by atoms with Crippen LogP contribution in [0.1, 0.15) is 18.5 Å². The highest BCUT2D eigenvalue weighted by atomic mass is 32.2. The van der Waals surface area contributed by atoms with Crippen LogP contribution in [0.2, 0.25) is 0 Å². The van der Waals surface area contributed by atoms with Crippen LogP contribution in [0.15, 0.2) is 22.3 Å². The van der Waals surface area contributed by atoms with E-state index in [1.54, 1.807) is 6.07 Å². The summed E-state index contributed by atoms with van der Waals surface area (Å²) in [5, 5.41) is 1.91. The predicted octanol–water partition coefficient (Wildman–Crippen LogP) is 2.20. The van der Waals surface area contributed by atoms with E-state index in [-0.39, 0.29) is 16.6 Å². The van der Waals surface area contributed by atoms with Crippen LogP contribution in [0.5, 0.6) is 0 Å². The van der Waals surface area contributed by atoms with Crippen molar-refractivity contribution in [3.63, 3.8) is 0 Å². The molecule has 3 rings (SSSR count). The minimum atomic E-state index is -2.97. The Labute approximate surface area is 122 Å². The van der Waals surface area contributed by atoms with E-state index in [1.165, 1.54) is 17.6 Å². The van der Waals surface area contributed by atoms with Crippen LogP contribution in [0.25, 0.3) is 10.2 Å². The van der Waals surface area contributed by atoms with Crippen LogP contribution in [-0.4, -0.2) is 25.0 Å². The topological polar surface area (TPSA) is 56.1 Å². The Hall–Kier alpha value is -1.14. The van der Waals surface area contributed by atoms with Gasteiger partial charge in [0.25, 0.3) is 0 Å². The van der Waals surface area contributed by atoms with Gasteiger partial charge in [0, 0.05) is 30.0 Å². The van der Waals surface area contributed by atoms with E-state index in [2.05, 4.69) is 4.57 Å². The maximum atomic E-state index is 11.9. The molecular weight excluding hydrogens is 294 g/mol. The normalized spacial score (nSPS) is 17.5. The minimum absolute atomic E-state index is 0.0525. The van der Waals surface area contributed by atoms with Crippen molar-refractivity contribution in [2.24, 2.45) is 5.41 Å². The van der Waals surface area contributed by atoms with Crippen molar-refractivity contribution in [2.45, 2.75) is 26.3 Å². The zero-order chi connectivity index (χ0) is 14.5. The molecule has 20 heavy (non-hydrogen) atoms. The summed E-state index contributed by atoms with van der Waals surface area (Å²) in [4.78, 5) is 11.9. The third kappa shape index (κ3) is 2.54. The number of rotatable bonds is 4. The van der Waals surface area contributed by atoms with Gasteiger partial charge in [-0.1, -0.05) is 0 Å². The molecule has 6 heteroatoms. The van der Waals surface area contributed by atoms with Crippen LogP contribution in [0.4, 0.5) is 0 Å². The summed E-state index contributed by atoms with van der Waals surface area (Å²) < 4.78 is 26.0. The average Bonchev–Trinajstić information content (AvgIpc) is 2.88. The van der Waals surface area contributed by atoms with Gasteiger partial charge < -0.3 is 4.57 Å². The van der Waals surface area contributed by atoms with E-state index in [4.69, 9.17) is 0 Å². The first-order chi connectivity index (χ1) is 9.30. The molecule has 0 bridgehead atoms. The van der Waals surface area contributed by atoms with Crippen molar-refractivity contribution in [1.82, 2.24) is 4.57 Å². The fourth-order valence-electron chi connectivity index (χ4n) is 2.85. The molecule has 0 amide bonds. The summed E-state index contributed by atoms with van der Waals surface area (Å²) >= 11 is 1.44. The first-order valence-electron chi connectivity index (χ1n) is 6.55. The van der Waals surface area contributed by atoms with E-state index in [0.717, 1.165) is 28.8 Å². The smallest absolute Gasteiger partial charge is 0.199 e. The summed E-state index contributed by atoms with van der Waals surface area (Å²) in [5.41, 5.74) is 1.75. The van der Waals surface area contributed by atoms with Crippen molar-refractivity contribution in [3.05, 3.63) is 33.4 Å². The fraction of sp³-hybridized carbons (Fsp3) is 0.500. The van der Waals surface area contributed by atoms with Gasteiger partial charge >= 0.3 is 0 Å². The van der Waals surface area contributed by atoms with Gasteiger partial charge in [-0.3, -0.25) is 4.79 Å². The Kier molecular flexibility index (Phi) is 3.06. The Morgan fingerprint density at radius 2 is 2.10 bits per heavy atom. The lowest BCUT2D eigenvalue weighted by atomic mass is 10.1. The molecule has 2 aromatic rings. The van der Waals surface area contributed by atoms with Gasteiger partial charge in [0.2, 0.25) is 0 Å². The molecule has 4 nitrogen and oxygen atoms in total. The maximum absolute atomic E-state index is 11.9. The number of hydrogen-bond acceptors (Lipinski definition) is 4. The number of fused-ring (bicyclic) bond motifs is 1. The second-order valence-electron chi connectivity index (χ2n) is 5.94. The second kappa shape index (κ2) is 4.43. The van der Waals surface area contributed by atoms with Gasteiger partial charge in [0.15, 0.2) is 5.43 Å². The molecule has 0 atom stereocenters. The number of nitrogens with zero attached hydrogens (tertiary/aromatic N) is 1. The van der Waals surface area contributed by atoms with Gasteiger partial charge in [-0.15, -0.1) is 11.3 Å². The Morgan fingerprint density at radius 1 is 1.40 bits per heavy atom. The Balaban J connectivity index is 2.04. The van der Waals surface area contributed by atoms with Crippen LogP contribution >= 0.6 is 11.3 Å². The molecule has 1 aliphatic rings. The van der Waals surface area contributed by atoms with E-state index >= 15 is 0 Å². The first kappa shape index (κ1) is 13.8. The standard InChI is InChI=1S/C14H17NO3S2/c1-10-7-12(16)13-11(3-6-19-13)15(10)8-14(4-5-14)9-20(2,17)18/h3,6-7H,4-5,8-9H2,1-2H3. The first-order valence-corrected chi connectivity index (χ1v) is 9.49. The summed E-state index contributed by atoms with van der Waals surface area (Å²) in [5.74, 6) is 0.233. The van der Waals surface area contributed by atoms with Gasteiger partial charge in [0.05, 0.1) is 16.0 Å². The molecule has 0 aromatic carbocycles. The molecule has 1 fully saturated rings. The second-order valence-corrected chi connectivity index (χ2v) is 9.00. The SMILES string of the molecule is Cc1cc(=O)c2sccc2n1CC1(CS(C)(=O)=O)CC1. The van der Waals surface area contributed by atoms with Crippen LogP contribution < -0.4 is 5.43 Å². The highest BCUT2D eigenvalue weighted by Crippen LogP contribution is 2.48. The molecule has 0 N–H and O–H groups in total. The van der Waals surface area contributed by atoms with Crippen molar-refractivity contribution < 1.29 is 8.42 Å². The Morgan fingerprint density at radius 3 is 2.70 bits per heavy atom. The lowest BCUT2D eigenvalue weighted by Crippen LogP contribution is -2.23. The number of aromatic nitrogens is 1. The summed E-state index contributed by atoms with van der Waals surface area (Å²) in [6.45, 7) is 2.59. The molecule has 0 saturated heterocycles. The van der Waals surface area contributed by atoms with Crippen molar-refractivity contribution in [2.75, 3.05) is 12.0 Å².